The summed E-state index contributed by atoms with van der Waals surface area (Å²) in [6, 6.07) is 3.23. The molecule has 0 saturated carbocycles. The van der Waals surface area contributed by atoms with Gasteiger partial charge in [-0.25, -0.2) is 18.6 Å². The molecule has 1 aromatic carbocycles. The van der Waals surface area contributed by atoms with E-state index in [2.05, 4.69) is 26.2 Å². The van der Waals surface area contributed by atoms with E-state index in [4.69, 9.17) is 10.8 Å². The van der Waals surface area contributed by atoms with Crippen molar-refractivity contribution in [2.75, 3.05) is 11.1 Å². The van der Waals surface area contributed by atoms with Crippen molar-refractivity contribution in [3.05, 3.63) is 46.1 Å². The van der Waals surface area contributed by atoms with Crippen LogP contribution in [0.2, 0.25) is 0 Å². The van der Waals surface area contributed by atoms with Crippen molar-refractivity contribution in [2.24, 2.45) is 0 Å². The Kier molecular flexibility index (Phi) is 3.84. The zero-order valence-electron chi connectivity index (χ0n) is 9.82. The Labute approximate surface area is 120 Å². The van der Waals surface area contributed by atoms with Crippen LogP contribution in [0.3, 0.4) is 0 Å². The highest BCUT2D eigenvalue weighted by atomic mass is 79.9. The van der Waals surface area contributed by atoms with Gasteiger partial charge in [0.05, 0.1) is 11.9 Å². The van der Waals surface area contributed by atoms with Gasteiger partial charge in [0, 0.05) is 4.47 Å². The van der Waals surface area contributed by atoms with Crippen LogP contribution in [0.25, 0.3) is 0 Å². The molecule has 0 unspecified atom stereocenters. The lowest BCUT2D eigenvalue weighted by Crippen LogP contribution is -2.08. The summed E-state index contributed by atoms with van der Waals surface area (Å²) in [5.41, 5.74) is 4.78. The Hall–Kier alpha value is -2.22. The highest BCUT2D eigenvalue weighted by molar-refractivity contribution is 9.10. The fourth-order valence-electron chi connectivity index (χ4n) is 1.52. The summed E-state index contributed by atoms with van der Waals surface area (Å²) >= 11 is 2.95. The zero-order valence-corrected chi connectivity index (χ0v) is 11.4. The van der Waals surface area contributed by atoms with E-state index in [9.17, 15) is 13.6 Å². The van der Waals surface area contributed by atoms with Gasteiger partial charge in [-0.15, -0.1) is 0 Å². The second-order valence-electron chi connectivity index (χ2n) is 3.84. The van der Waals surface area contributed by atoms with E-state index >= 15 is 0 Å². The number of carboxylic acids is 1. The predicted molar refractivity (Wildman–Crippen MR) is 72.9 cm³/mol. The Morgan fingerprint density at radius 2 is 1.90 bits per heavy atom. The molecule has 4 N–H and O–H groups in total. The van der Waals surface area contributed by atoms with Crippen LogP contribution in [0.5, 0.6) is 0 Å². The number of hydrogen-bond donors (Lipinski definition) is 3. The molecule has 1 aromatic heterocycles. The van der Waals surface area contributed by atoms with Gasteiger partial charge in [-0.2, -0.15) is 0 Å². The summed E-state index contributed by atoms with van der Waals surface area (Å²) < 4.78 is 27.6. The number of anilines is 3. The summed E-state index contributed by atoms with van der Waals surface area (Å²) in [5, 5.41) is 11.3. The second kappa shape index (κ2) is 5.41. The second-order valence-corrected chi connectivity index (χ2v) is 4.76. The first-order valence-electron chi connectivity index (χ1n) is 5.29. The zero-order chi connectivity index (χ0) is 14.9. The Morgan fingerprint density at radius 1 is 1.30 bits per heavy atom. The molecule has 2 rings (SSSR count). The maximum absolute atomic E-state index is 13.7. The smallest absolute Gasteiger partial charge is 0.339 e. The van der Waals surface area contributed by atoms with Crippen molar-refractivity contribution in [1.82, 2.24) is 4.98 Å². The molecule has 1 heterocycles. The lowest BCUT2D eigenvalue weighted by atomic mass is 10.2. The molecule has 0 bridgehead atoms. The van der Waals surface area contributed by atoms with Crippen molar-refractivity contribution in [3.63, 3.8) is 0 Å². The number of halogens is 3. The van der Waals surface area contributed by atoms with E-state index in [1.54, 1.807) is 0 Å². The molecule has 0 amide bonds. The van der Waals surface area contributed by atoms with Crippen LogP contribution in [0.1, 0.15) is 10.4 Å². The topological polar surface area (TPSA) is 88.2 Å². The largest absolute Gasteiger partial charge is 0.478 e. The van der Waals surface area contributed by atoms with Crippen molar-refractivity contribution < 1.29 is 18.7 Å². The highest BCUT2D eigenvalue weighted by Gasteiger charge is 2.16. The summed E-state index contributed by atoms with van der Waals surface area (Å²) in [5.74, 6) is -3.28. The molecule has 0 aliphatic rings. The molecule has 104 valence electrons. The lowest BCUT2D eigenvalue weighted by molar-refractivity contribution is 0.0697. The quantitative estimate of drug-likeness (QED) is 0.796. The van der Waals surface area contributed by atoms with E-state index in [0.717, 1.165) is 18.2 Å². The maximum Gasteiger partial charge on any atom is 0.339 e. The molecule has 2 aromatic rings. The summed E-state index contributed by atoms with van der Waals surface area (Å²) in [4.78, 5) is 14.8. The number of nitrogens with two attached hydrogens (primary N) is 1. The molecule has 8 heteroatoms. The molecule has 20 heavy (non-hydrogen) atoms. The Bertz CT molecular complexity index is 671. The lowest BCUT2D eigenvalue weighted by Gasteiger charge is -2.11. The SMILES string of the molecule is Nc1cnc(Nc2c(F)cc(Br)cc2F)c(C(=O)O)c1. The van der Waals surface area contributed by atoms with Gasteiger partial charge in [-0.3, -0.25) is 0 Å². The number of nitrogens with one attached hydrogen (secondary N) is 1. The standard InChI is InChI=1S/C12H8BrF2N3O2/c13-5-1-8(14)10(9(15)2-5)18-11-7(12(19)20)3-6(16)4-17-11/h1-4H,16H2,(H,17,18)(H,19,20). The predicted octanol–water partition coefficient (Wildman–Crippen LogP) is 3.15. The van der Waals surface area contributed by atoms with Crippen molar-refractivity contribution in [1.29, 1.82) is 0 Å². The van der Waals surface area contributed by atoms with Crippen LogP contribution in [-0.2, 0) is 0 Å². The monoisotopic (exact) mass is 343 g/mol. The van der Waals surface area contributed by atoms with E-state index in [1.165, 1.54) is 6.20 Å². The van der Waals surface area contributed by atoms with Gasteiger partial charge in [-0.05, 0) is 18.2 Å². The van der Waals surface area contributed by atoms with E-state index in [0.29, 0.717) is 0 Å². The summed E-state index contributed by atoms with van der Waals surface area (Å²) in [6.07, 6.45) is 1.18. The molecule has 0 spiro atoms. The minimum atomic E-state index is -1.31. The normalized spacial score (nSPS) is 10.3. The van der Waals surface area contributed by atoms with E-state index in [-0.39, 0.29) is 21.5 Å². The van der Waals surface area contributed by atoms with E-state index < -0.39 is 23.3 Å². The molecular weight excluding hydrogens is 336 g/mol. The van der Waals surface area contributed by atoms with Crippen LogP contribution in [0.4, 0.5) is 26.0 Å². The third kappa shape index (κ3) is 2.85. The van der Waals surface area contributed by atoms with Gasteiger partial charge < -0.3 is 16.2 Å². The molecule has 0 atom stereocenters. The number of carbonyl (C=O) groups is 1. The van der Waals surface area contributed by atoms with Gasteiger partial charge in [0.25, 0.3) is 0 Å². The minimum Gasteiger partial charge on any atom is -0.478 e. The molecule has 0 aliphatic heterocycles. The first kappa shape index (κ1) is 14.2. The summed E-state index contributed by atoms with van der Waals surface area (Å²) in [6.45, 7) is 0. The van der Waals surface area contributed by atoms with Crippen molar-refractivity contribution in [3.8, 4) is 0 Å². The van der Waals surface area contributed by atoms with Crippen LogP contribution < -0.4 is 11.1 Å². The van der Waals surface area contributed by atoms with Crippen molar-refractivity contribution >= 4 is 39.1 Å². The average Bonchev–Trinajstić information content (AvgIpc) is 2.34. The van der Waals surface area contributed by atoms with Gasteiger partial charge in [-0.1, -0.05) is 15.9 Å². The number of nitrogen functional groups attached to an aromatic ring is 1. The van der Waals surface area contributed by atoms with Gasteiger partial charge >= 0.3 is 5.97 Å². The van der Waals surface area contributed by atoms with Crippen molar-refractivity contribution in [2.45, 2.75) is 0 Å². The maximum atomic E-state index is 13.7. The fourth-order valence-corrected chi connectivity index (χ4v) is 1.93. The number of carboxylic acid groups (broad SMARTS) is 1. The number of aromatic carboxylic acids is 1. The first-order chi connectivity index (χ1) is 9.38. The molecule has 0 fully saturated rings. The Balaban J connectivity index is 2.48. The third-order valence-electron chi connectivity index (χ3n) is 2.39. The fraction of sp³-hybridized carbons (Fsp3) is 0. The molecular formula is C12H8BrF2N3O2. The van der Waals surface area contributed by atoms with Crippen LogP contribution in [-0.4, -0.2) is 16.1 Å². The van der Waals surface area contributed by atoms with Crippen LogP contribution in [0.15, 0.2) is 28.9 Å². The number of rotatable bonds is 3. The highest BCUT2D eigenvalue weighted by Crippen LogP contribution is 2.28. The number of pyridine rings is 1. The Morgan fingerprint density at radius 3 is 2.45 bits per heavy atom. The number of aromatic nitrogens is 1. The average molecular weight is 344 g/mol. The van der Waals surface area contributed by atoms with Crippen LogP contribution in [0, 0.1) is 11.6 Å². The van der Waals surface area contributed by atoms with Crippen LogP contribution >= 0.6 is 15.9 Å². The van der Waals surface area contributed by atoms with Gasteiger partial charge in [0.1, 0.15) is 17.1 Å². The number of nitrogens with zero attached hydrogens (tertiary/aromatic N) is 1. The molecule has 0 aliphatic carbocycles. The number of hydrogen-bond acceptors (Lipinski definition) is 4. The summed E-state index contributed by atoms with van der Waals surface area (Å²) in [7, 11) is 0. The molecule has 0 saturated heterocycles. The number of benzene rings is 1. The van der Waals surface area contributed by atoms with E-state index in [1.807, 2.05) is 0 Å². The van der Waals surface area contributed by atoms with Gasteiger partial charge in [0.15, 0.2) is 11.6 Å². The minimum absolute atomic E-state index is 0.129. The molecule has 5 nitrogen and oxygen atoms in total. The molecule has 0 radical (unpaired) electrons. The third-order valence-corrected chi connectivity index (χ3v) is 2.85. The van der Waals surface area contributed by atoms with Gasteiger partial charge in [0.2, 0.25) is 0 Å². The first-order valence-corrected chi connectivity index (χ1v) is 6.08.